The molecule has 1 heterocycles. The smallest absolute Gasteiger partial charge is 0.173 e. The third-order valence-electron chi connectivity index (χ3n) is 7.06. The summed E-state index contributed by atoms with van der Waals surface area (Å²) >= 11 is 0. The minimum absolute atomic E-state index is 0.0273. The van der Waals surface area contributed by atoms with E-state index in [1.54, 1.807) is 13.0 Å². The monoisotopic (exact) mass is 468 g/mol. The van der Waals surface area contributed by atoms with Crippen molar-refractivity contribution < 1.29 is 19.7 Å². The van der Waals surface area contributed by atoms with Gasteiger partial charge in [0.15, 0.2) is 6.29 Å². The Labute approximate surface area is 197 Å². The highest BCUT2D eigenvalue weighted by atomic mass is 16.7. The molecule has 3 fully saturated rings. The fraction of sp³-hybridized carbons (Fsp3) is 0.870. The molecule has 0 radical (unpaired) electrons. The van der Waals surface area contributed by atoms with Gasteiger partial charge in [-0.25, -0.2) is 0 Å². The van der Waals surface area contributed by atoms with E-state index in [9.17, 15) is 10.2 Å². The molecule has 0 spiro atoms. The molecule has 10 heteroatoms. The van der Waals surface area contributed by atoms with Crippen molar-refractivity contribution in [3.63, 3.8) is 0 Å². The largest absolute Gasteiger partial charge is 0.402 e. The quantitative estimate of drug-likeness (QED) is 0.156. The van der Waals surface area contributed by atoms with Gasteiger partial charge >= 0.3 is 0 Å². The van der Waals surface area contributed by atoms with E-state index in [0.29, 0.717) is 37.8 Å². The minimum atomic E-state index is -1.04. The van der Waals surface area contributed by atoms with Gasteiger partial charge < -0.3 is 47.5 Å². The molecule has 1 saturated heterocycles. The van der Waals surface area contributed by atoms with Crippen molar-refractivity contribution in [3.8, 4) is 0 Å². The van der Waals surface area contributed by atoms with Gasteiger partial charge in [-0.1, -0.05) is 6.92 Å². The van der Waals surface area contributed by atoms with E-state index in [4.69, 9.17) is 32.1 Å². The highest BCUT2D eigenvalue weighted by Gasteiger charge is 2.47. The van der Waals surface area contributed by atoms with Crippen LogP contribution in [-0.2, 0) is 9.47 Å². The zero-order valence-electron chi connectivity index (χ0n) is 20.0. The van der Waals surface area contributed by atoms with Gasteiger partial charge in [0.05, 0.1) is 24.4 Å². The predicted molar refractivity (Wildman–Crippen MR) is 127 cm³/mol. The highest BCUT2D eigenvalue weighted by molar-refractivity contribution is 5.90. The molecule has 11 N–H and O–H groups in total. The van der Waals surface area contributed by atoms with Crippen molar-refractivity contribution in [2.45, 2.75) is 107 Å². The summed E-state index contributed by atoms with van der Waals surface area (Å²) < 4.78 is 12.5. The van der Waals surface area contributed by atoms with E-state index in [1.165, 1.54) is 0 Å². The van der Waals surface area contributed by atoms with E-state index in [-0.39, 0.29) is 42.1 Å². The molecule has 2 saturated carbocycles. The van der Waals surface area contributed by atoms with E-state index >= 15 is 0 Å². The maximum absolute atomic E-state index is 10.5. The van der Waals surface area contributed by atoms with Gasteiger partial charge in [-0.2, -0.15) is 0 Å². The molecule has 8 atom stereocenters. The van der Waals surface area contributed by atoms with Gasteiger partial charge in [0, 0.05) is 24.3 Å². The highest BCUT2D eigenvalue weighted by Crippen LogP contribution is 2.37. The van der Waals surface area contributed by atoms with Crippen LogP contribution in [0.1, 0.15) is 58.8 Å². The summed E-state index contributed by atoms with van der Waals surface area (Å²) in [5.74, 6) is 0.105. The molecule has 3 rings (SSSR count). The number of nitrogens with one attached hydrogen (secondary N) is 3. The standard InChI is InChI=1S/C23H44N6O4/c1-3-28-12-16-4-5-17(25)21(32-16)33-20-10-14(9-15(30)8-13(2)24)19(11-18(20)26)29-22(27)23(31)6-7-23/h8,14-21,28,30-31H,3-7,9-12,24-26H2,1-2H3,(H2,27,29)/b13-8-. The third-order valence-corrected chi connectivity index (χ3v) is 7.06. The molecular weight excluding hydrogens is 424 g/mol. The fourth-order valence-corrected chi connectivity index (χ4v) is 4.87. The second-order valence-corrected chi connectivity index (χ2v) is 10.1. The fourth-order valence-electron chi connectivity index (χ4n) is 4.87. The Morgan fingerprint density at radius 2 is 2.00 bits per heavy atom. The van der Waals surface area contributed by atoms with Crippen LogP contribution in [0.25, 0.3) is 0 Å². The number of aliphatic hydroxyl groups is 2. The molecule has 1 aliphatic heterocycles. The number of rotatable bonds is 10. The number of aliphatic hydroxyl groups excluding tert-OH is 1. The molecule has 8 unspecified atom stereocenters. The van der Waals surface area contributed by atoms with Crippen LogP contribution in [0, 0.1) is 11.3 Å². The van der Waals surface area contributed by atoms with Gasteiger partial charge in [-0.3, -0.25) is 5.41 Å². The van der Waals surface area contributed by atoms with Crippen LogP contribution >= 0.6 is 0 Å². The van der Waals surface area contributed by atoms with Crippen LogP contribution in [0.2, 0.25) is 0 Å². The van der Waals surface area contributed by atoms with E-state index in [2.05, 4.69) is 17.6 Å². The molecular formula is C23H44N6O4. The summed E-state index contributed by atoms with van der Waals surface area (Å²) in [7, 11) is 0. The number of allylic oxidation sites excluding steroid dienone is 1. The lowest BCUT2D eigenvalue weighted by Gasteiger charge is -2.44. The first-order chi connectivity index (χ1) is 15.6. The number of amidine groups is 1. The Balaban J connectivity index is 1.66. The number of hydrogen-bond donors (Lipinski definition) is 8. The number of likely N-dealkylation sites (N-methyl/N-ethyl adjacent to an activating group) is 1. The van der Waals surface area contributed by atoms with Gasteiger partial charge in [0.25, 0.3) is 0 Å². The molecule has 0 amide bonds. The van der Waals surface area contributed by atoms with Crippen molar-refractivity contribution in [1.82, 2.24) is 10.6 Å². The van der Waals surface area contributed by atoms with Crippen LogP contribution in [0.15, 0.2) is 11.8 Å². The summed E-state index contributed by atoms with van der Waals surface area (Å²) in [6, 6.07) is -0.648. The Morgan fingerprint density at radius 1 is 1.27 bits per heavy atom. The molecule has 33 heavy (non-hydrogen) atoms. The van der Waals surface area contributed by atoms with Gasteiger partial charge in [-0.15, -0.1) is 0 Å². The van der Waals surface area contributed by atoms with Crippen molar-refractivity contribution >= 4 is 5.84 Å². The van der Waals surface area contributed by atoms with Crippen LogP contribution in [0.5, 0.6) is 0 Å². The number of nitrogens with two attached hydrogens (primary N) is 3. The third kappa shape index (κ3) is 7.35. The summed E-state index contributed by atoms with van der Waals surface area (Å²) in [6.45, 7) is 5.44. The Hall–Kier alpha value is -1.27. The van der Waals surface area contributed by atoms with Crippen molar-refractivity contribution in [1.29, 1.82) is 5.41 Å². The average molecular weight is 469 g/mol. The first-order valence-corrected chi connectivity index (χ1v) is 12.3. The average Bonchev–Trinajstić information content (AvgIpc) is 3.49. The molecule has 10 nitrogen and oxygen atoms in total. The number of hydrogen-bond acceptors (Lipinski definition) is 9. The predicted octanol–water partition coefficient (Wildman–Crippen LogP) is -0.375. The van der Waals surface area contributed by atoms with Crippen LogP contribution in [0.3, 0.4) is 0 Å². The molecule has 0 bridgehead atoms. The van der Waals surface area contributed by atoms with Gasteiger partial charge in [-0.05, 0) is 70.4 Å². The molecule has 0 aromatic heterocycles. The lowest BCUT2D eigenvalue weighted by atomic mass is 9.77. The molecule has 2 aliphatic carbocycles. The van der Waals surface area contributed by atoms with Crippen LogP contribution < -0.4 is 27.8 Å². The van der Waals surface area contributed by atoms with Crippen molar-refractivity contribution in [2.24, 2.45) is 23.1 Å². The van der Waals surface area contributed by atoms with Crippen molar-refractivity contribution in [2.75, 3.05) is 13.1 Å². The Morgan fingerprint density at radius 3 is 2.64 bits per heavy atom. The zero-order chi connectivity index (χ0) is 24.2. The summed E-state index contributed by atoms with van der Waals surface area (Å²) in [5, 5.41) is 35.6. The van der Waals surface area contributed by atoms with Gasteiger partial charge in [0.2, 0.25) is 0 Å². The maximum Gasteiger partial charge on any atom is 0.173 e. The Bertz CT molecular complexity index is 682. The number of ether oxygens (including phenoxy) is 2. The van der Waals surface area contributed by atoms with E-state index in [0.717, 1.165) is 25.9 Å². The summed E-state index contributed by atoms with van der Waals surface area (Å²) in [6.07, 6.45) is 4.66. The SMILES string of the molecule is CCNCC1CCC(N)C(OC2CC(CC(O)/C=C(/C)N)C(NC(=N)C3(O)CC3)CC2N)O1. The van der Waals surface area contributed by atoms with Crippen LogP contribution in [-0.4, -0.2) is 77.5 Å². The minimum Gasteiger partial charge on any atom is -0.402 e. The van der Waals surface area contributed by atoms with Gasteiger partial charge in [0.1, 0.15) is 11.4 Å². The van der Waals surface area contributed by atoms with E-state index < -0.39 is 18.0 Å². The topological polar surface area (TPSA) is 185 Å². The first-order valence-electron chi connectivity index (χ1n) is 12.3. The molecule has 0 aromatic rings. The molecule has 3 aliphatic rings. The second kappa shape index (κ2) is 11.4. The Kier molecular flexibility index (Phi) is 9.13. The first kappa shape index (κ1) is 26.3. The summed E-state index contributed by atoms with van der Waals surface area (Å²) in [4.78, 5) is 0. The molecule has 190 valence electrons. The second-order valence-electron chi connectivity index (χ2n) is 10.1. The van der Waals surface area contributed by atoms with Crippen molar-refractivity contribution in [3.05, 3.63) is 11.8 Å². The lowest BCUT2D eigenvalue weighted by molar-refractivity contribution is -0.231. The van der Waals surface area contributed by atoms with E-state index in [1.807, 2.05) is 0 Å². The zero-order valence-corrected chi connectivity index (χ0v) is 20.0. The van der Waals surface area contributed by atoms with Crippen LogP contribution in [0.4, 0.5) is 0 Å². The maximum atomic E-state index is 10.5. The molecule has 0 aromatic carbocycles. The summed E-state index contributed by atoms with van der Waals surface area (Å²) in [5.41, 5.74) is 18.1. The lowest BCUT2D eigenvalue weighted by Crippen LogP contribution is -2.58. The normalized spacial score (nSPS) is 37.4.